The van der Waals surface area contributed by atoms with E-state index in [2.05, 4.69) is 16.7 Å². The molecule has 0 atom stereocenters. The Labute approximate surface area is 176 Å². The molecule has 0 saturated heterocycles. The predicted octanol–water partition coefficient (Wildman–Crippen LogP) is 2.34. The standard InChI is InChI=1S/C21H14ClF2IN3/c1-12-4-3-5-15(22)20(12)21-13(2)26-11-28-18(21)8-9-19(27-28)25-17-7-6-14(23)10-16(17)24/h3-11H,2H2,1H3/q-1. The van der Waals surface area contributed by atoms with Crippen molar-refractivity contribution in [2.45, 2.75) is 6.92 Å². The molecule has 7 heteroatoms. The van der Waals surface area contributed by atoms with E-state index in [9.17, 15) is 8.78 Å². The Morgan fingerprint density at radius 2 is 1.96 bits per heavy atom. The topological polar surface area (TPSA) is 28.0 Å². The van der Waals surface area contributed by atoms with Gasteiger partial charge in [0.1, 0.15) is 0 Å². The monoisotopic (exact) mass is 508 g/mol. The summed E-state index contributed by atoms with van der Waals surface area (Å²) in [4.78, 5) is 4.36. The molecule has 0 unspecified atom stereocenters. The molecule has 2 aromatic rings. The number of hydrogen-bond acceptors (Lipinski definition) is 3. The molecule has 0 radical (unpaired) electrons. The second-order valence-corrected chi connectivity index (χ2v) is 9.35. The molecule has 0 spiro atoms. The van der Waals surface area contributed by atoms with Crippen molar-refractivity contribution in [1.82, 2.24) is 5.01 Å². The van der Waals surface area contributed by atoms with Gasteiger partial charge in [-0.05, 0) is 0 Å². The van der Waals surface area contributed by atoms with Gasteiger partial charge in [0.25, 0.3) is 0 Å². The van der Waals surface area contributed by atoms with Gasteiger partial charge in [-0.3, -0.25) is 0 Å². The van der Waals surface area contributed by atoms with E-state index in [1.807, 2.05) is 37.3 Å². The summed E-state index contributed by atoms with van der Waals surface area (Å²) in [6.45, 7) is 6.03. The van der Waals surface area contributed by atoms with E-state index in [4.69, 9.17) is 11.6 Å². The molecular weight excluding hydrogens is 495 g/mol. The zero-order chi connectivity index (χ0) is 19.8. The van der Waals surface area contributed by atoms with Gasteiger partial charge in [-0.1, -0.05) is 0 Å². The third kappa shape index (κ3) is 3.54. The molecule has 2 aliphatic rings. The number of hydrogen-bond donors (Lipinski definition) is 0. The number of halogens is 4. The Morgan fingerprint density at radius 1 is 1.14 bits per heavy atom. The Morgan fingerprint density at radius 3 is 2.71 bits per heavy atom. The first-order valence-corrected chi connectivity index (χ1v) is 10.9. The summed E-state index contributed by atoms with van der Waals surface area (Å²) < 4.78 is 28.3. The Kier molecular flexibility index (Phi) is 5.16. The fourth-order valence-electron chi connectivity index (χ4n) is 2.96. The van der Waals surface area contributed by atoms with Crippen LogP contribution in [0, 0.1) is 22.1 Å². The van der Waals surface area contributed by atoms with E-state index in [1.54, 1.807) is 11.3 Å². The van der Waals surface area contributed by atoms with Crippen LogP contribution < -0.4 is 21.2 Å². The molecule has 0 aliphatic carbocycles. The first kappa shape index (κ1) is 19.0. The second kappa shape index (κ2) is 7.60. The number of allylic oxidation sites excluding steroid dienone is 3. The van der Waals surface area contributed by atoms with Crippen molar-refractivity contribution in [2.24, 2.45) is 10.1 Å². The van der Waals surface area contributed by atoms with E-state index in [1.165, 1.54) is 12.1 Å². The molecule has 3 nitrogen and oxygen atoms in total. The molecule has 0 saturated carbocycles. The van der Waals surface area contributed by atoms with Crippen LogP contribution in [0.3, 0.4) is 0 Å². The van der Waals surface area contributed by atoms with E-state index < -0.39 is 32.8 Å². The molecule has 4 rings (SSSR count). The quantitative estimate of drug-likeness (QED) is 0.462. The van der Waals surface area contributed by atoms with Crippen LogP contribution in [-0.2, 0) is 0 Å². The van der Waals surface area contributed by atoms with Gasteiger partial charge in [0.05, 0.1) is 0 Å². The number of aryl methyl sites for hydroxylation is 1. The second-order valence-electron chi connectivity index (χ2n) is 6.14. The van der Waals surface area contributed by atoms with Crippen LogP contribution in [0.2, 0.25) is 5.02 Å². The zero-order valence-electron chi connectivity index (χ0n) is 14.8. The average molecular weight is 509 g/mol. The van der Waals surface area contributed by atoms with Crippen molar-refractivity contribution >= 4 is 27.2 Å². The Balaban J connectivity index is 1.72. The van der Waals surface area contributed by atoms with E-state index in [0.717, 1.165) is 32.2 Å². The first-order valence-electron chi connectivity index (χ1n) is 8.33. The van der Waals surface area contributed by atoms with Crippen molar-refractivity contribution in [1.29, 1.82) is 0 Å². The van der Waals surface area contributed by atoms with Crippen LogP contribution in [-0.4, -0.2) is 15.1 Å². The number of rotatable bonds is 3. The van der Waals surface area contributed by atoms with Gasteiger partial charge in [0, 0.05) is 0 Å². The van der Waals surface area contributed by atoms with Gasteiger partial charge < -0.3 is 0 Å². The summed E-state index contributed by atoms with van der Waals surface area (Å²) in [5.74, 6) is -1.13. The van der Waals surface area contributed by atoms with E-state index >= 15 is 0 Å². The predicted molar refractivity (Wildman–Crippen MR) is 104 cm³/mol. The fraction of sp³-hybridized carbons (Fsp3) is 0.0476. The molecule has 2 aliphatic heterocycles. The van der Waals surface area contributed by atoms with Crippen LogP contribution in [0.15, 0.2) is 76.6 Å². The molecule has 0 bridgehead atoms. The van der Waals surface area contributed by atoms with Crippen molar-refractivity contribution < 1.29 is 30.0 Å². The van der Waals surface area contributed by atoms with Crippen molar-refractivity contribution in [3.63, 3.8) is 0 Å². The summed E-state index contributed by atoms with van der Waals surface area (Å²) in [5.41, 5.74) is 4.11. The summed E-state index contributed by atoms with van der Waals surface area (Å²) in [6, 6.07) is 9.35. The average Bonchev–Trinajstić information content (AvgIpc) is 2.65. The number of hydrazone groups is 1. The molecule has 2 aromatic carbocycles. The fourth-order valence-corrected chi connectivity index (χ4v) is 5.34. The summed E-state index contributed by atoms with van der Waals surface area (Å²) >= 11 is 5.54. The molecule has 2 heterocycles. The third-order valence-corrected chi connectivity index (χ3v) is 7.15. The van der Waals surface area contributed by atoms with E-state index in [-0.39, 0.29) is 0 Å². The molecule has 0 amide bonds. The van der Waals surface area contributed by atoms with Gasteiger partial charge >= 0.3 is 177 Å². The number of benzene rings is 2. The normalized spacial score (nSPS) is 15.9. The maximum atomic E-state index is 14.0. The molecular formula is C21H14ClF2IN3-. The van der Waals surface area contributed by atoms with Crippen LogP contribution in [0.4, 0.5) is 8.78 Å². The zero-order valence-corrected chi connectivity index (χ0v) is 17.7. The van der Waals surface area contributed by atoms with Gasteiger partial charge in [-0.2, -0.15) is 0 Å². The SMILES string of the molecule is C=C1N=CN2N=C([I-]c3ccc(F)cc3F)C=CC2=C1c1c(C)cccc1Cl. The molecule has 28 heavy (non-hydrogen) atoms. The molecule has 142 valence electrons. The molecule has 0 N–H and O–H groups in total. The number of fused-ring (bicyclic) bond motifs is 1. The number of aliphatic imine (C=N–C) groups is 1. The van der Waals surface area contributed by atoms with Crippen LogP contribution >= 0.6 is 11.6 Å². The summed E-state index contributed by atoms with van der Waals surface area (Å²) in [7, 11) is 0. The van der Waals surface area contributed by atoms with Crippen LogP contribution in [0.1, 0.15) is 11.1 Å². The van der Waals surface area contributed by atoms with Crippen molar-refractivity contribution in [3.8, 4) is 0 Å². The number of nitrogens with zero attached hydrogens (tertiary/aromatic N) is 3. The van der Waals surface area contributed by atoms with Crippen LogP contribution in [0.5, 0.6) is 0 Å². The Bertz CT molecular complexity index is 1100. The Hall–Kier alpha value is -2.32. The van der Waals surface area contributed by atoms with Crippen molar-refractivity contribution in [2.75, 3.05) is 0 Å². The molecule has 0 fully saturated rings. The van der Waals surface area contributed by atoms with Gasteiger partial charge in [0.2, 0.25) is 0 Å². The van der Waals surface area contributed by atoms with E-state index in [0.29, 0.717) is 14.3 Å². The van der Waals surface area contributed by atoms with Crippen LogP contribution in [0.25, 0.3) is 5.57 Å². The van der Waals surface area contributed by atoms with Crippen molar-refractivity contribution in [3.05, 3.63) is 97.9 Å². The first-order chi connectivity index (χ1) is 13.4. The minimum atomic E-state index is -0.910. The maximum absolute atomic E-state index is 14.0. The minimum absolute atomic E-state index is 0.483. The summed E-state index contributed by atoms with van der Waals surface area (Å²) in [5, 5.41) is 6.86. The summed E-state index contributed by atoms with van der Waals surface area (Å²) in [6.07, 6.45) is 5.36. The van der Waals surface area contributed by atoms with Gasteiger partial charge in [0.15, 0.2) is 0 Å². The van der Waals surface area contributed by atoms with Gasteiger partial charge in [-0.15, -0.1) is 0 Å². The molecule has 0 aromatic heterocycles. The van der Waals surface area contributed by atoms with Gasteiger partial charge in [-0.25, -0.2) is 0 Å². The third-order valence-electron chi connectivity index (χ3n) is 4.25.